The zero-order valence-corrected chi connectivity index (χ0v) is 16.1. The first-order chi connectivity index (χ1) is 12.7. The van der Waals surface area contributed by atoms with Gasteiger partial charge < -0.3 is 20.4 Å². The highest BCUT2D eigenvalue weighted by atomic mass is 16.4. The van der Waals surface area contributed by atoms with Gasteiger partial charge in [0.25, 0.3) is 0 Å². The fourth-order valence-electron chi connectivity index (χ4n) is 3.01. The third kappa shape index (κ3) is 5.55. The number of aromatic nitrogens is 2. The summed E-state index contributed by atoms with van der Waals surface area (Å²) in [5, 5.41) is 25.9. The molecule has 2 aromatic rings. The first-order valence-electron chi connectivity index (χ1n) is 8.66. The predicted octanol–water partition coefficient (Wildman–Crippen LogP) is 1.90. The number of hydrogen-bond acceptors (Lipinski definition) is 5. The molecule has 27 heavy (non-hydrogen) atoms. The number of carbonyl (C=O) groups excluding carboxylic acids is 1. The van der Waals surface area contributed by atoms with Gasteiger partial charge in [-0.05, 0) is 33.0 Å². The molecule has 0 bridgehead atoms. The van der Waals surface area contributed by atoms with E-state index in [0.29, 0.717) is 12.2 Å². The molecule has 0 aliphatic heterocycles. The molecule has 0 aliphatic carbocycles. The number of aryl methyl sites for hydroxylation is 2. The summed E-state index contributed by atoms with van der Waals surface area (Å²) in [5.41, 5.74) is 3.44. The van der Waals surface area contributed by atoms with Crippen molar-refractivity contribution in [2.75, 3.05) is 18.9 Å². The first kappa shape index (κ1) is 20.4. The Morgan fingerprint density at radius 1 is 1.33 bits per heavy atom. The summed E-state index contributed by atoms with van der Waals surface area (Å²) in [4.78, 5) is 25.7. The number of carboxylic acid groups (broad SMARTS) is 1. The minimum atomic E-state index is -1.02. The van der Waals surface area contributed by atoms with Crippen molar-refractivity contribution >= 4 is 17.6 Å². The quantitative estimate of drug-likeness (QED) is 0.651. The summed E-state index contributed by atoms with van der Waals surface area (Å²) in [6, 6.07) is 6.14. The maximum absolute atomic E-state index is 12.2. The van der Waals surface area contributed by atoms with Crippen LogP contribution in [-0.4, -0.2) is 50.4 Å². The van der Waals surface area contributed by atoms with E-state index in [4.69, 9.17) is 0 Å². The van der Waals surface area contributed by atoms with Crippen molar-refractivity contribution in [3.8, 4) is 5.75 Å². The van der Waals surface area contributed by atoms with Crippen LogP contribution in [0.5, 0.6) is 5.75 Å². The molecule has 3 N–H and O–H groups in total. The number of phenols is 1. The second kappa shape index (κ2) is 8.68. The highest BCUT2D eigenvalue weighted by Crippen LogP contribution is 2.18. The lowest BCUT2D eigenvalue weighted by Gasteiger charge is -2.21. The van der Waals surface area contributed by atoms with Crippen molar-refractivity contribution in [3.63, 3.8) is 0 Å². The highest BCUT2D eigenvalue weighted by Gasteiger charge is 2.24. The summed E-state index contributed by atoms with van der Waals surface area (Å²) < 4.78 is 1.80. The third-order valence-corrected chi connectivity index (χ3v) is 4.53. The number of benzene rings is 1. The summed E-state index contributed by atoms with van der Waals surface area (Å²) in [5.74, 6) is -2.24. The molecule has 0 aliphatic rings. The van der Waals surface area contributed by atoms with Gasteiger partial charge in [0.1, 0.15) is 5.75 Å². The Morgan fingerprint density at radius 2 is 2.04 bits per heavy atom. The van der Waals surface area contributed by atoms with Crippen LogP contribution < -0.4 is 5.32 Å². The smallest absolute Gasteiger partial charge is 0.308 e. The molecule has 1 unspecified atom stereocenters. The van der Waals surface area contributed by atoms with Crippen molar-refractivity contribution in [1.82, 2.24) is 14.7 Å². The van der Waals surface area contributed by atoms with Crippen molar-refractivity contribution in [1.29, 1.82) is 0 Å². The number of aliphatic carboxylic acids is 1. The van der Waals surface area contributed by atoms with Crippen LogP contribution in [0.4, 0.5) is 5.69 Å². The number of hydrogen-bond donors (Lipinski definition) is 3. The van der Waals surface area contributed by atoms with E-state index in [2.05, 4.69) is 10.4 Å². The number of rotatable bonds is 8. The van der Waals surface area contributed by atoms with Gasteiger partial charge in [-0.25, -0.2) is 0 Å². The summed E-state index contributed by atoms with van der Waals surface area (Å²) in [6.07, 6.45) is -0.152. The SMILES string of the molecule is Cc1nn(C)c(C)c1CN(C)CC(CC(=O)Nc1cccc(O)c1)C(=O)O. The molecule has 0 saturated carbocycles. The average molecular weight is 374 g/mol. The Morgan fingerprint density at radius 3 is 2.59 bits per heavy atom. The minimum absolute atomic E-state index is 0.0320. The zero-order valence-electron chi connectivity index (χ0n) is 16.1. The van der Waals surface area contributed by atoms with Crippen LogP contribution in [0.3, 0.4) is 0 Å². The number of nitrogens with one attached hydrogen (secondary N) is 1. The van der Waals surface area contributed by atoms with Crippen LogP contribution in [0, 0.1) is 19.8 Å². The second-order valence-corrected chi connectivity index (χ2v) is 6.81. The Hall–Kier alpha value is -2.87. The number of carbonyl (C=O) groups is 2. The number of anilines is 1. The molecule has 1 amide bonds. The summed E-state index contributed by atoms with van der Waals surface area (Å²) in [6.45, 7) is 4.69. The number of amides is 1. The van der Waals surface area contributed by atoms with Gasteiger partial charge in [0.15, 0.2) is 0 Å². The molecule has 0 spiro atoms. The zero-order chi connectivity index (χ0) is 20.1. The molecule has 0 saturated heterocycles. The van der Waals surface area contributed by atoms with Crippen LogP contribution in [0.1, 0.15) is 23.4 Å². The lowest BCUT2D eigenvalue weighted by molar-refractivity contribution is -0.144. The van der Waals surface area contributed by atoms with Gasteiger partial charge in [0, 0.05) is 49.6 Å². The highest BCUT2D eigenvalue weighted by molar-refractivity contribution is 5.93. The van der Waals surface area contributed by atoms with E-state index in [1.807, 2.05) is 32.8 Å². The lowest BCUT2D eigenvalue weighted by atomic mass is 10.0. The largest absolute Gasteiger partial charge is 0.508 e. The Bertz CT molecular complexity index is 831. The molecule has 1 heterocycles. The maximum Gasteiger partial charge on any atom is 0.308 e. The van der Waals surface area contributed by atoms with Crippen LogP contribution in [-0.2, 0) is 23.2 Å². The van der Waals surface area contributed by atoms with Crippen molar-refractivity contribution in [3.05, 3.63) is 41.2 Å². The van der Waals surface area contributed by atoms with Gasteiger partial charge in [-0.2, -0.15) is 5.10 Å². The van der Waals surface area contributed by atoms with E-state index in [-0.39, 0.29) is 18.7 Å². The summed E-state index contributed by atoms with van der Waals surface area (Å²) >= 11 is 0. The lowest BCUT2D eigenvalue weighted by Crippen LogP contribution is -2.33. The fourth-order valence-corrected chi connectivity index (χ4v) is 3.01. The molecular weight excluding hydrogens is 348 g/mol. The molecule has 0 fully saturated rings. The minimum Gasteiger partial charge on any atom is -0.508 e. The second-order valence-electron chi connectivity index (χ2n) is 6.81. The van der Waals surface area contributed by atoms with Gasteiger partial charge in [-0.1, -0.05) is 6.07 Å². The van der Waals surface area contributed by atoms with E-state index in [1.165, 1.54) is 12.1 Å². The van der Waals surface area contributed by atoms with Crippen LogP contribution >= 0.6 is 0 Å². The van der Waals surface area contributed by atoms with Crippen LogP contribution in [0.2, 0.25) is 0 Å². The van der Waals surface area contributed by atoms with Crippen molar-refractivity contribution in [2.45, 2.75) is 26.8 Å². The average Bonchev–Trinajstić information content (AvgIpc) is 2.80. The standard InChI is InChI=1S/C19H26N4O4/c1-12-17(13(2)23(4)21-12)11-22(3)10-14(19(26)27)8-18(25)20-15-6-5-7-16(24)9-15/h5-7,9,14,24H,8,10-11H2,1-4H3,(H,20,25)(H,26,27). The van der Waals surface area contributed by atoms with E-state index in [9.17, 15) is 19.8 Å². The molecule has 2 rings (SSSR count). The van der Waals surface area contributed by atoms with Gasteiger partial charge in [-0.15, -0.1) is 0 Å². The Labute approximate surface area is 158 Å². The molecule has 8 nitrogen and oxygen atoms in total. The summed E-state index contributed by atoms with van der Waals surface area (Å²) in [7, 11) is 3.70. The topological polar surface area (TPSA) is 108 Å². The van der Waals surface area contributed by atoms with Crippen LogP contribution in [0.15, 0.2) is 24.3 Å². The van der Waals surface area contributed by atoms with Crippen molar-refractivity contribution < 1.29 is 19.8 Å². The monoisotopic (exact) mass is 374 g/mol. The van der Waals surface area contributed by atoms with Gasteiger partial charge in [0.05, 0.1) is 11.6 Å². The molecule has 1 atom stereocenters. The molecule has 0 radical (unpaired) electrons. The van der Waals surface area contributed by atoms with E-state index >= 15 is 0 Å². The normalized spacial score (nSPS) is 12.2. The number of phenolic OH excluding ortho intramolecular Hbond substituents is 1. The number of carboxylic acids is 1. The predicted molar refractivity (Wildman–Crippen MR) is 101 cm³/mol. The Balaban J connectivity index is 1.98. The van der Waals surface area contributed by atoms with E-state index in [0.717, 1.165) is 17.0 Å². The number of aromatic hydroxyl groups is 1. The van der Waals surface area contributed by atoms with Gasteiger partial charge in [0.2, 0.25) is 5.91 Å². The molecule has 1 aromatic heterocycles. The molecule has 1 aromatic carbocycles. The number of nitrogens with zero attached hydrogens (tertiary/aromatic N) is 3. The van der Waals surface area contributed by atoms with Gasteiger partial charge >= 0.3 is 5.97 Å². The molecule has 146 valence electrons. The molecule has 8 heteroatoms. The van der Waals surface area contributed by atoms with Crippen LogP contribution in [0.25, 0.3) is 0 Å². The third-order valence-electron chi connectivity index (χ3n) is 4.53. The maximum atomic E-state index is 12.2. The van der Waals surface area contributed by atoms with E-state index in [1.54, 1.807) is 16.8 Å². The van der Waals surface area contributed by atoms with Gasteiger partial charge in [-0.3, -0.25) is 14.3 Å². The Kier molecular flexibility index (Phi) is 6.57. The molecular formula is C19H26N4O4. The van der Waals surface area contributed by atoms with E-state index < -0.39 is 17.8 Å². The van der Waals surface area contributed by atoms with Crippen molar-refractivity contribution in [2.24, 2.45) is 13.0 Å². The fraction of sp³-hybridized carbons (Fsp3) is 0.421. The first-order valence-corrected chi connectivity index (χ1v) is 8.66.